The Labute approximate surface area is 141 Å². The minimum absolute atomic E-state index is 0.0157. The summed E-state index contributed by atoms with van der Waals surface area (Å²) < 4.78 is 5.38. The third kappa shape index (κ3) is 2.30. The van der Waals surface area contributed by atoms with E-state index in [1.165, 1.54) is 5.56 Å². The summed E-state index contributed by atoms with van der Waals surface area (Å²) in [7, 11) is 1.67. The first-order chi connectivity index (χ1) is 11.7. The molecule has 0 spiro atoms. The number of nitrogens with zero attached hydrogens (tertiary/aromatic N) is 2. The summed E-state index contributed by atoms with van der Waals surface area (Å²) in [5.74, 6) is 1.04. The molecule has 2 atom stereocenters. The van der Waals surface area contributed by atoms with Crippen LogP contribution in [0.5, 0.6) is 5.75 Å². The first kappa shape index (κ1) is 14.9. The molecule has 1 heterocycles. The first-order valence-electron chi connectivity index (χ1n) is 8.29. The Balaban J connectivity index is 1.81. The van der Waals surface area contributed by atoms with Crippen LogP contribution >= 0.6 is 0 Å². The van der Waals surface area contributed by atoms with E-state index >= 15 is 0 Å². The number of amides is 1. The zero-order valence-electron chi connectivity index (χ0n) is 13.9. The second-order valence-corrected chi connectivity index (χ2v) is 6.37. The Morgan fingerprint density at radius 1 is 1.21 bits per heavy atom. The molecular formula is C20H20N2O2. The predicted octanol–water partition coefficient (Wildman–Crippen LogP) is 3.57. The Hall–Kier alpha value is -2.62. The third-order valence-corrected chi connectivity index (χ3v) is 4.99. The van der Waals surface area contributed by atoms with Crippen molar-refractivity contribution in [2.45, 2.75) is 25.8 Å². The maximum atomic E-state index is 12.2. The molecule has 4 nitrogen and oxygen atoms in total. The fourth-order valence-corrected chi connectivity index (χ4v) is 3.86. The molecule has 0 aromatic heterocycles. The largest absolute Gasteiger partial charge is 0.497 e. The summed E-state index contributed by atoms with van der Waals surface area (Å²) in [6, 6.07) is 16.3. The maximum Gasteiger partial charge on any atom is 0.240 e. The average molecular weight is 320 g/mol. The van der Waals surface area contributed by atoms with E-state index in [0.717, 1.165) is 35.4 Å². The molecular weight excluding hydrogens is 300 g/mol. The molecule has 0 bridgehead atoms. The Morgan fingerprint density at radius 2 is 2.00 bits per heavy atom. The fraction of sp³-hybridized carbons (Fsp3) is 0.300. The summed E-state index contributed by atoms with van der Waals surface area (Å²) >= 11 is 0. The van der Waals surface area contributed by atoms with Crippen LogP contribution in [0.2, 0.25) is 0 Å². The molecule has 4 heteroatoms. The predicted molar refractivity (Wildman–Crippen MR) is 93.0 cm³/mol. The Kier molecular flexibility index (Phi) is 3.60. The highest BCUT2D eigenvalue weighted by Crippen LogP contribution is 2.43. The van der Waals surface area contributed by atoms with Crippen molar-refractivity contribution in [2.24, 2.45) is 11.0 Å². The number of hydrogen-bond donors (Lipinski definition) is 0. The second kappa shape index (κ2) is 5.78. The number of carbonyl (C=O) groups excluding carboxylic acids is 1. The minimum atomic E-state index is -0.0183. The molecule has 0 fully saturated rings. The standard InChI is InChI=1S/C20H20N2O2/c1-13(23)22-20(15-6-4-3-5-7-15)17-11-9-14-8-10-16(24-2)12-18(14)19(17)21-22/h3-8,10,12,17,20H,9,11H2,1-2H3/t17-,20-/m1/s1. The van der Waals surface area contributed by atoms with Gasteiger partial charge in [-0.15, -0.1) is 0 Å². The van der Waals surface area contributed by atoms with Crippen molar-refractivity contribution in [1.29, 1.82) is 0 Å². The highest BCUT2D eigenvalue weighted by Gasteiger charge is 2.42. The molecule has 2 aromatic carbocycles. The van der Waals surface area contributed by atoms with Crippen LogP contribution in [-0.4, -0.2) is 23.7 Å². The van der Waals surface area contributed by atoms with E-state index in [2.05, 4.69) is 18.2 Å². The van der Waals surface area contributed by atoms with Crippen molar-refractivity contribution in [2.75, 3.05) is 7.11 Å². The number of aryl methyl sites for hydroxylation is 1. The van der Waals surface area contributed by atoms with Crippen LogP contribution in [0, 0.1) is 5.92 Å². The van der Waals surface area contributed by atoms with Gasteiger partial charge in [-0.3, -0.25) is 4.79 Å². The van der Waals surface area contributed by atoms with Gasteiger partial charge in [0, 0.05) is 18.4 Å². The van der Waals surface area contributed by atoms with Crippen LogP contribution in [0.3, 0.4) is 0 Å². The number of methoxy groups -OCH3 is 1. The Morgan fingerprint density at radius 3 is 2.71 bits per heavy atom. The molecule has 0 unspecified atom stereocenters. The number of ether oxygens (including phenoxy) is 1. The van der Waals surface area contributed by atoms with E-state index in [9.17, 15) is 4.79 Å². The van der Waals surface area contributed by atoms with Gasteiger partial charge in [-0.1, -0.05) is 36.4 Å². The molecule has 1 amide bonds. The molecule has 1 aliphatic heterocycles. The molecule has 0 saturated heterocycles. The van der Waals surface area contributed by atoms with Gasteiger partial charge in [-0.05, 0) is 36.1 Å². The number of hydrogen-bond acceptors (Lipinski definition) is 3. The lowest BCUT2D eigenvalue weighted by Gasteiger charge is -2.29. The summed E-state index contributed by atoms with van der Waals surface area (Å²) in [4.78, 5) is 12.2. The molecule has 122 valence electrons. The van der Waals surface area contributed by atoms with Gasteiger partial charge in [0.05, 0.1) is 18.9 Å². The smallest absolute Gasteiger partial charge is 0.240 e. The van der Waals surface area contributed by atoms with Crippen molar-refractivity contribution in [3.63, 3.8) is 0 Å². The molecule has 2 aliphatic rings. The van der Waals surface area contributed by atoms with Gasteiger partial charge >= 0.3 is 0 Å². The number of fused-ring (bicyclic) bond motifs is 3. The molecule has 0 N–H and O–H groups in total. The van der Waals surface area contributed by atoms with Crippen LogP contribution < -0.4 is 4.74 Å². The minimum Gasteiger partial charge on any atom is -0.497 e. The van der Waals surface area contributed by atoms with Gasteiger partial charge in [-0.25, -0.2) is 5.01 Å². The monoisotopic (exact) mass is 320 g/mol. The average Bonchev–Trinajstić information content (AvgIpc) is 3.02. The van der Waals surface area contributed by atoms with Gasteiger partial charge in [0.15, 0.2) is 0 Å². The van der Waals surface area contributed by atoms with Crippen LogP contribution in [0.25, 0.3) is 0 Å². The van der Waals surface area contributed by atoms with Crippen molar-refractivity contribution < 1.29 is 9.53 Å². The zero-order chi connectivity index (χ0) is 16.7. The molecule has 1 aliphatic carbocycles. The van der Waals surface area contributed by atoms with E-state index in [4.69, 9.17) is 9.84 Å². The number of carbonyl (C=O) groups is 1. The van der Waals surface area contributed by atoms with Gasteiger partial charge in [-0.2, -0.15) is 5.10 Å². The summed E-state index contributed by atoms with van der Waals surface area (Å²) in [6.45, 7) is 1.59. The summed E-state index contributed by atoms with van der Waals surface area (Å²) in [5, 5.41) is 6.39. The second-order valence-electron chi connectivity index (χ2n) is 6.37. The Bertz CT molecular complexity index is 814. The SMILES string of the molecule is COc1ccc2c(c1)C1=NN(C(C)=O)[C@H](c3ccccc3)[C@@H]1CC2. The quantitative estimate of drug-likeness (QED) is 0.849. The van der Waals surface area contributed by atoms with E-state index in [1.807, 2.05) is 30.3 Å². The third-order valence-electron chi connectivity index (χ3n) is 4.99. The zero-order valence-corrected chi connectivity index (χ0v) is 13.9. The number of rotatable bonds is 2. The molecule has 4 rings (SSSR count). The van der Waals surface area contributed by atoms with Crippen molar-refractivity contribution in [3.8, 4) is 5.75 Å². The number of benzene rings is 2. The van der Waals surface area contributed by atoms with Crippen molar-refractivity contribution in [1.82, 2.24) is 5.01 Å². The highest BCUT2D eigenvalue weighted by atomic mass is 16.5. The van der Waals surface area contributed by atoms with E-state index in [-0.39, 0.29) is 17.9 Å². The fourth-order valence-electron chi connectivity index (χ4n) is 3.86. The summed E-state index contributed by atoms with van der Waals surface area (Å²) in [5.41, 5.74) is 4.56. The van der Waals surface area contributed by atoms with Crippen LogP contribution in [0.1, 0.15) is 36.1 Å². The topological polar surface area (TPSA) is 41.9 Å². The van der Waals surface area contributed by atoms with Crippen LogP contribution in [0.4, 0.5) is 0 Å². The lowest BCUT2D eigenvalue weighted by Crippen LogP contribution is -2.31. The van der Waals surface area contributed by atoms with Crippen molar-refractivity contribution >= 4 is 11.6 Å². The molecule has 2 aromatic rings. The lowest BCUT2D eigenvalue weighted by atomic mass is 9.77. The molecule has 0 radical (unpaired) electrons. The molecule has 24 heavy (non-hydrogen) atoms. The molecule has 0 saturated carbocycles. The van der Waals surface area contributed by atoms with Gasteiger partial charge < -0.3 is 4.74 Å². The maximum absolute atomic E-state index is 12.2. The first-order valence-corrected chi connectivity index (χ1v) is 8.29. The normalized spacial score (nSPS) is 21.8. The van der Waals surface area contributed by atoms with Gasteiger partial charge in [0.1, 0.15) is 5.75 Å². The number of hydrazone groups is 1. The van der Waals surface area contributed by atoms with Gasteiger partial charge in [0.25, 0.3) is 0 Å². The van der Waals surface area contributed by atoms with E-state index in [1.54, 1.807) is 19.0 Å². The van der Waals surface area contributed by atoms with Crippen LogP contribution in [-0.2, 0) is 11.2 Å². The lowest BCUT2D eigenvalue weighted by molar-refractivity contribution is -0.131. The van der Waals surface area contributed by atoms with E-state index in [0.29, 0.717) is 0 Å². The van der Waals surface area contributed by atoms with Crippen molar-refractivity contribution in [3.05, 3.63) is 65.2 Å². The highest BCUT2D eigenvalue weighted by molar-refractivity contribution is 6.07. The summed E-state index contributed by atoms with van der Waals surface area (Å²) in [6.07, 6.45) is 2.00. The van der Waals surface area contributed by atoms with Crippen LogP contribution in [0.15, 0.2) is 53.6 Å². The van der Waals surface area contributed by atoms with E-state index < -0.39 is 0 Å². The van der Waals surface area contributed by atoms with Gasteiger partial charge in [0.2, 0.25) is 5.91 Å².